The minimum absolute atomic E-state index is 0.470. The summed E-state index contributed by atoms with van der Waals surface area (Å²) in [5.74, 6) is 0. The highest BCUT2D eigenvalue weighted by Gasteiger charge is 2.08. The van der Waals surface area contributed by atoms with Crippen LogP contribution >= 0.6 is 0 Å². The fourth-order valence-electron chi connectivity index (χ4n) is 1.38. The van der Waals surface area contributed by atoms with E-state index in [2.05, 4.69) is 18.1 Å². The summed E-state index contributed by atoms with van der Waals surface area (Å²) in [5, 5.41) is 12.9. The highest BCUT2D eigenvalue weighted by Crippen LogP contribution is 2.12. The van der Waals surface area contributed by atoms with Crippen molar-refractivity contribution in [3.05, 3.63) is 17.0 Å². The Labute approximate surface area is 72.6 Å². The first-order valence-electron chi connectivity index (χ1n) is 4.10. The average Bonchev–Trinajstić information content (AvgIpc) is 2.32. The van der Waals surface area contributed by atoms with E-state index in [1.54, 1.807) is 0 Å². The van der Waals surface area contributed by atoms with E-state index in [-0.39, 0.29) is 0 Å². The van der Waals surface area contributed by atoms with Crippen LogP contribution in [0.1, 0.15) is 23.9 Å². The molecule has 0 aliphatic carbocycles. The zero-order valence-electron chi connectivity index (χ0n) is 7.76. The highest BCUT2D eigenvalue weighted by molar-refractivity contribution is 5.27. The van der Waals surface area contributed by atoms with Gasteiger partial charge in [0.25, 0.3) is 0 Å². The number of aromatic nitrogens is 2. The van der Waals surface area contributed by atoms with Crippen LogP contribution in [0.25, 0.3) is 0 Å². The van der Waals surface area contributed by atoms with Crippen LogP contribution in [0.3, 0.4) is 0 Å². The maximum atomic E-state index is 8.56. The SMILES string of the molecule is CCn1nc(C)c(CC#N)c1C. The van der Waals surface area contributed by atoms with Crippen LogP contribution in [0.4, 0.5) is 0 Å². The number of hydrogen-bond donors (Lipinski definition) is 0. The second-order valence-electron chi connectivity index (χ2n) is 2.80. The van der Waals surface area contributed by atoms with E-state index >= 15 is 0 Å². The summed E-state index contributed by atoms with van der Waals surface area (Å²) in [7, 11) is 0. The fraction of sp³-hybridized carbons (Fsp3) is 0.556. The van der Waals surface area contributed by atoms with Crippen molar-refractivity contribution in [3.63, 3.8) is 0 Å². The van der Waals surface area contributed by atoms with E-state index in [0.717, 1.165) is 23.5 Å². The van der Waals surface area contributed by atoms with Crippen molar-refractivity contribution in [1.29, 1.82) is 5.26 Å². The van der Waals surface area contributed by atoms with E-state index in [1.165, 1.54) is 0 Å². The molecule has 0 spiro atoms. The Morgan fingerprint density at radius 1 is 1.50 bits per heavy atom. The molecule has 3 heteroatoms. The van der Waals surface area contributed by atoms with Crippen molar-refractivity contribution in [2.24, 2.45) is 0 Å². The van der Waals surface area contributed by atoms with Crippen LogP contribution in [-0.2, 0) is 13.0 Å². The maximum Gasteiger partial charge on any atom is 0.0671 e. The van der Waals surface area contributed by atoms with Crippen molar-refractivity contribution in [2.45, 2.75) is 33.7 Å². The second-order valence-corrected chi connectivity index (χ2v) is 2.80. The monoisotopic (exact) mass is 163 g/mol. The zero-order valence-corrected chi connectivity index (χ0v) is 7.76. The Bertz CT molecular complexity index is 317. The number of nitrogens with zero attached hydrogens (tertiary/aromatic N) is 3. The Hall–Kier alpha value is -1.30. The van der Waals surface area contributed by atoms with Crippen LogP contribution in [0.2, 0.25) is 0 Å². The first kappa shape index (κ1) is 8.79. The lowest BCUT2D eigenvalue weighted by atomic mass is 10.1. The molecular weight excluding hydrogens is 150 g/mol. The minimum atomic E-state index is 0.470. The van der Waals surface area contributed by atoms with Crippen molar-refractivity contribution in [2.75, 3.05) is 0 Å². The molecule has 0 amide bonds. The average molecular weight is 163 g/mol. The van der Waals surface area contributed by atoms with Gasteiger partial charge in [-0.15, -0.1) is 0 Å². The van der Waals surface area contributed by atoms with E-state index in [1.807, 2.05) is 18.5 Å². The molecule has 0 atom stereocenters. The van der Waals surface area contributed by atoms with Crippen LogP contribution in [0.15, 0.2) is 0 Å². The molecule has 0 N–H and O–H groups in total. The van der Waals surface area contributed by atoms with Gasteiger partial charge in [0.2, 0.25) is 0 Å². The summed E-state index contributed by atoms with van der Waals surface area (Å²) in [6.07, 6.45) is 0.470. The lowest BCUT2D eigenvalue weighted by Gasteiger charge is -1.98. The number of aryl methyl sites for hydroxylation is 2. The van der Waals surface area contributed by atoms with Gasteiger partial charge in [0.15, 0.2) is 0 Å². The van der Waals surface area contributed by atoms with Gasteiger partial charge in [0.1, 0.15) is 0 Å². The molecule has 0 saturated carbocycles. The lowest BCUT2D eigenvalue weighted by molar-refractivity contribution is 0.633. The predicted molar refractivity (Wildman–Crippen MR) is 46.7 cm³/mol. The normalized spacial score (nSPS) is 9.83. The zero-order chi connectivity index (χ0) is 9.14. The molecule has 1 rings (SSSR count). The van der Waals surface area contributed by atoms with Gasteiger partial charge < -0.3 is 0 Å². The molecule has 0 bridgehead atoms. The molecule has 0 aliphatic heterocycles. The van der Waals surface area contributed by atoms with Gasteiger partial charge in [-0.3, -0.25) is 4.68 Å². The standard InChI is InChI=1S/C9H13N3/c1-4-12-8(3)9(5-6-10)7(2)11-12/h4-5H2,1-3H3. The van der Waals surface area contributed by atoms with Crippen molar-refractivity contribution in [3.8, 4) is 6.07 Å². The van der Waals surface area contributed by atoms with E-state index in [4.69, 9.17) is 5.26 Å². The van der Waals surface area contributed by atoms with Gasteiger partial charge in [0.05, 0.1) is 18.2 Å². The maximum absolute atomic E-state index is 8.56. The third-order valence-electron chi connectivity index (χ3n) is 2.09. The van der Waals surface area contributed by atoms with E-state index < -0.39 is 0 Å². The van der Waals surface area contributed by atoms with Gasteiger partial charge in [-0.25, -0.2) is 0 Å². The molecule has 0 aromatic carbocycles. The molecule has 0 radical (unpaired) electrons. The summed E-state index contributed by atoms with van der Waals surface area (Å²) in [4.78, 5) is 0. The van der Waals surface area contributed by atoms with Crippen LogP contribution in [0.5, 0.6) is 0 Å². The molecule has 64 valence electrons. The summed E-state index contributed by atoms with van der Waals surface area (Å²) < 4.78 is 1.93. The molecule has 0 fully saturated rings. The van der Waals surface area contributed by atoms with Gasteiger partial charge >= 0.3 is 0 Å². The third kappa shape index (κ3) is 1.33. The van der Waals surface area contributed by atoms with Crippen LogP contribution < -0.4 is 0 Å². The molecule has 1 aromatic rings. The van der Waals surface area contributed by atoms with Gasteiger partial charge in [-0.2, -0.15) is 10.4 Å². The Morgan fingerprint density at radius 2 is 2.17 bits per heavy atom. The largest absolute Gasteiger partial charge is 0.270 e. The second kappa shape index (κ2) is 3.40. The molecule has 1 aromatic heterocycles. The van der Waals surface area contributed by atoms with Crippen molar-refractivity contribution >= 4 is 0 Å². The molecule has 12 heavy (non-hydrogen) atoms. The molecule has 0 aliphatic rings. The summed E-state index contributed by atoms with van der Waals surface area (Å²) in [6.45, 7) is 6.88. The van der Waals surface area contributed by atoms with Gasteiger partial charge in [-0.05, 0) is 20.8 Å². The van der Waals surface area contributed by atoms with E-state index in [0.29, 0.717) is 6.42 Å². The number of rotatable bonds is 2. The number of nitriles is 1. The Morgan fingerprint density at radius 3 is 2.58 bits per heavy atom. The van der Waals surface area contributed by atoms with E-state index in [9.17, 15) is 0 Å². The Balaban J connectivity index is 3.11. The first-order chi connectivity index (χ1) is 5.70. The molecule has 0 saturated heterocycles. The fourth-order valence-corrected chi connectivity index (χ4v) is 1.38. The molecule has 0 unspecified atom stereocenters. The van der Waals surface area contributed by atoms with Crippen LogP contribution in [-0.4, -0.2) is 9.78 Å². The molecular formula is C9H13N3. The van der Waals surface area contributed by atoms with Crippen molar-refractivity contribution < 1.29 is 0 Å². The quantitative estimate of drug-likeness (QED) is 0.664. The third-order valence-corrected chi connectivity index (χ3v) is 2.09. The van der Waals surface area contributed by atoms with Crippen molar-refractivity contribution in [1.82, 2.24) is 9.78 Å². The van der Waals surface area contributed by atoms with Gasteiger partial charge in [-0.1, -0.05) is 0 Å². The highest BCUT2D eigenvalue weighted by atomic mass is 15.3. The molecule has 1 heterocycles. The summed E-state index contributed by atoms with van der Waals surface area (Å²) in [5.41, 5.74) is 3.19. The topological polar surface area (TPSA) is 41.6 Å². The van der Waals surface area contributed by atoms with Gasteiger partial charge in [0, 0.05) is 17.8 Å². The minimum Gasteiger partial charge on any atom is -0.270 e. The number of hydrogen-bond acceptors (Lipinski definition) is 2. The Kier molecular flexibility index (Phi) is 2.49. The lowest BCUT2D eigenvalue weighted by Crippen LogP contribution is -1.99. The first-order valence-corrected chi connectivity index (χ1v) is 4.10. The smallest absolute Gasteiger partial charge is 0.0671 e. The summed E-state index contributed by atoms with van der Waals surface area (Å²) >= 11 is 0. The van der Waals surface area contributed by atoms with Crippen LogP contribution in [0, 0.1) is 25.2 Å². The predicted octanol–water partition coefficient (Wildman–Crippen LogP) is 1.59. The molecule has 3 nitrogen and oxygen atoms in total. The summed E-state index contributed by atoms with van der Waals surface area (Å²) in [6, 6.07) is 2.15.